The molecule has 0 bridgehead atoms. The summed E-state index contributed by atoms with van der Waals surface area (Å²) < 4.78 is 33.1. The summed E-state index contributed by atoms with van der Waals surface area (Å²) in [6.45, 7) is -1.51. The second-order valence-electron chi connectivity index (χ2n) is 3.37. The van der Waals surface area contributed by atoms with E-state index in [9.17, 15) is 23.7 Å². The van der Waals surface area contributed by atoms with Gasteiger partial charge in [0.05, 0.1) is 13.2 Å². The maximum Gasteiger partial charge on any atom is 0.289 e. The topological polar surface area (TPSA) is 165 Å². The van der Waals surface area contributed by atoms with Gasteiger partial charge in [0.25, 0.3) is 10.1 Å². The molecule has 0 amide bonds. The van der Waals surface area contributed by atoms with Gasteiger partial charge in [0, 0.05) is 0 Å². The van der Waals surface area contributed by atoms with Crippen LogP contribution in [0.25, 0.3) is 0 Å². The Bertz CT molecular complexity index is 302. The van der Waals surface area contributed by atoms with E-state index in [0.717, 1.165) is 0 Å². The third-order valence-corrected chi connectivity index (χ3v) is 2.31. The van der Waals surface area contributed by atoms with Gasteiger partial charge in [-0.05, 0) is 0 Å². The van der Waals surface area contributed by atoms with Gasteiger partial charge in [-0.15, -0.1) is 0 Å². The molecule has 4 atom stereocenters. The first-order chi connectivity index (χ1) is 7.69. The smallest absolute Gasteiger partial charge is 0.289 e. The summed E-state index contributed by atoms with van der Waals surface area (Å²) in [5.74, 6) is -1.07. The standard InChI is InChI=1S/C7H16O9S/c8-1-4(9)6(11)7(12)5(10)2-16-3-17(13,14)15/h4-12H,1-3H2,(H,13,14,15)/t4-,5-,6-,7-/m1/s1. The van der Waals surface area contributed by atoms with E-state index in [0.29, 0.717) is 0 Å². The molecule has 0 spiro atoms. The van der Waals surface area contributed by atoms with Crippen molar-refractivity contribution in [1.82, 2.24) is 0 Å². The summed E-state index contributed by atoms with van der Waals surface area (Å²) in [5, 5.41) is 45.1. The largest absolute Gasteiger partial charge is 0.394 e. The van der Waals surface area contributed by atoms with Crippen LogP contribution in [0.2, 0.25) is 0 Å². The van der Waals surface area contributed by atoms with E-state index < -0.39 is 53.7 Å². The van der Waals surface area contributed by atoms with Crippen molar-refractivity contribution >= 4 is 10.1 Å². The molecule has 0 radical (unpaired) electrons. The lowest BCUT2D eigenvalue weighted by Gasteiger charge is -2.25. The molecule has 0 fully saturated rings. The Morgan fingerprint density at radius 1 is 1.00 bits per heavy atom. The van der Waals surface area contributed by atoms with Gasteiger partial charge in [0.2, 0.25) is 0 Å². The molecule has 0 saturated carbocycles. The maximum atomic E-state index is 10.2. The Labute approximate surface area is 97.6 Å². The molecule has 6 N–H and O–H groups in total. The van der Waals surface area contributed by atoms with Crippen molar-refractivity contribution in [2.45, 2.75) is 24.4 Å². The van der Waals surface area contributed by atoms with Crippen LogP contribution in [-0.2, 0) is 14.9 Å². The molecule has 0 rings (SSSR count). The summed E-state index contributed by atoms with van der Waals surface area (Å²) in [5.41, 5.74) is 0. The van der Waals surface area contributed by atoms with E-state index >= 15 is 0 Å². The Morgan fingerprint density at radius 3 is 1.88 bits per heavy atom. The zero-order chi connectivity index (χ0) is 13.6. The highest BCUT2D eigenvalue weighted by Crippen LogP contribution is 2.05. The van der Waals surface area contributed by atoms with Crippen LogP contribution >= 0.6 is 0 Å². The molecule has 0 aliphatic carbocycles. The fourth-order valence-corrected chi connectivity index (χ4v) is 1.24. The van der Waals surface area contributed by atoms with Gasteiger partial charge in [-0.3, -0.25) is 4.55 Å². The van der Waals surface area contributed by atoms with Crippen LogP contribution < -0.4 is 0 Å². The van der Waals surface area contributed by atoms with Crippen molar-refractivity contribution in [3.05, 3.63) is 0 Å². The number of rotatable bonds is 8. The Morgan fingerprint density at radius 2 is 1.47 bits per heavy atom. The minimum absolute atomic E-state index is 0.684. The molecule has 0 aliphatic rings. The average Bonchev–Trinajstić information content (AvgIpc) is 2.24. The zero-order valence-corrected chi connectivity index (χ0v) is 9.56. The minimum atomic E-state index is -4.35. The molecule has 0 aromatic rings. The molecule has 0 aromatic heterocycles. The molecule has 0 aromatic carbocycles. The van der Waals surface area contributed by atoms with E-state index in [1.807, 2.05) is 0 Å². The van der Waals surface area contributed by atoms with Gasteiger partial charge < -0.3 is 30.3 Å². The first-order valence-electron chi connectivity index (χ1n) is 4.55. The molecule has 104 valence electrons. The third kappa shape index (κ3) is 6.85. The van der Waals surface area contributed by atoms with Crippen LogP contribution in [-0.4, -0.2) is 82.1 Å². The van der Waals surface area contributed by atoms with Crippen molar-refractivity contribution in [3.63, 3.8) is 0 Å². The van der Waals surface area contributed by atoms with Gasteiger partial charge in [-0.2, -0.15) is 8.42 Å². The van der Waals surface area contributed by atoms with Crippen LogP contribution in [0.1, 0.15) is 0 Å². The van der Waals surface area contributed by atoms with Crippen LogP contribution in [0.3, 0.4) is 0 Å². The summed E-state index contributed by atoms with van der Waals surface area (Å²) in [4.78, 5) is 0. The summed E-state index contributed by atoms with van der Waals surface area (Å²) in [6, 6.07) is 0. The van der Waals surface area contributed by atoms with E-state index in [2.05, 4.69) is 4.74 Å². The van der Waals surface area contributed by atoms with E-state index in [1.54, 1.807) is 0 Å². The highest BCUT2D eigenvalue weighted by molar-refractivity contribution is 7.85. The van der Waals surface area contributed by atoms with Crippen LogP contribution in [0.4, 0.5) is 0 Å². The third-order valence-electron chi connectivity index (χ3n) is 1.85. The first-order valence-corrected chi connectivity index (χ1v) is 6.16. The second-order valence-corrected chi connectivity index (χ2v) is 4.77. The fraction of sp³-hybridized carbons (Fsp3) is 1.00. The van der Waals surface area contributed by atoms with E-state index in [4.69, 9.17) is 14.8 Å². The predicted octanol–water partition coefficient (Wildman–Crippen LogP) is -3.72. The van der Waals surface area contributed by atoms with Crippen molar-refractivity contribution in [2.75, 3.05) is 19.2 Å². The molecule has 0 unspecified atom stereocenters. The van der Waals surface area contributed by atoms with Crippen LogP contribution in [0.5, 0.6) is 0 Å². The minimum Gasteiger partial charge on any atom is -0.394 e. The lowest BCUT2D eigenvalue weighted by Crippen LogP contribution is -2.47. The second kappa shape index (κ2) is 7.18. The summed E-state index contributed by atoms with van der Waals surface area (Å²) in [7, 11) is -4.35. The SMILES string of the molecule is O=S(=O)(O)COC[C@@H](O)[C@@H](O)[C@H](O)[C@H](O)CO. The molecular formula is C7H16O9S. The number of aliphatic hydroxyl groups excluding tert-OH is 5. The number of hydrogen-bond donors (Lipinski definition) is 6. The monoisotopic (exact) mass is 276 g/mol. The van der Waals surface area contributed by atoms with Crippen molar-refractivity contribution in [2.24, 2.45) is 0 Å². The number of hydrogen-bond acceptors (Lipinski definition) is 8. The quantitative estimate of drug-likeness (QED) is 0.244. The Kier molecular flexibility index (Phi) is 7.04. The van der Waals surface area contributed by atoms with Crippen molar-refractivity contribution < 1.29 is 43.2 Å². The highest BCUT2D eigenvalue weighted by Gasteiger charge is 2.30. The number of ether oxygens (including phenoxy) is 1. The van der Waals surface area contributed by atoms with Gasteiger partial charge in [0.1, 0.15) is 24.4 Å². The normalized spacial score (nSPS) is 19.6. The molecular weight excluding hydrogens is 260 g/mol. The molecule has 0 saturated heterocycles. The number of aliphatic hydroxyl groups is 5. The van der Waals surface area contributed by atoms with Gasteiger partial charge >= 0.3 is 0 Å². The van der Waals surface area contributed by atoms with Gasteiger partial charge in [-0.25, -0.2) is 0 Å². The van der Waals surface area contributed by atoms with Gasteiger partial charge in [0.15, 0.2) is 5.94 Å². The molecule has 9 nitrogen and oxygen atoms in total. The van der Waals surface area contributed by atoms with Gasteiger partial charge in [-0.1, -0.05) is 0 Å². The predicted molar refractivity (Wildman–Crippen MR) is 53.5 cm³/mol. The summed E-state index contributed by atoms with van der Waals surface area (Å²) >= 11 is 0. The van der Waals surface area contributed by atoms with E-state index in [-0.39, 0.29) is 0 Å². The van der Waals surface area contributed by atoms with Crippen LogP contribution in [0, 0.1) is 0 Å². The van der Waals surface area contributed by atoms with Crippen molar-refractivity contribution in [3.8, 4) is 0 Å². The fourth-order valence-electron chi connectivity index (χ4n) is 0.936. The Balaban J connectivity index is 4.09. The summed E-state index contributed by atoms with van der Waals surface area (Å²) in [6.07, 6.45) is -6.99. The zero-order valence-electron chi connectivity index (χ0n) is 8.75. The lowest BCUT2D eigenvalue weighted by molar-refractivity contribution is -0.127. The Hall–Kier alpha value is -0.330. The molecule has 0 aliphatic heterocycles. The average molecular weight is 276 g/mol. The maximum absolute atomic E-state index is 10.2. The highest BCUT2D eigenvalue weighted by atomic mass is 32.2. The first kappa shape index (κ1) is 16.7. The van der Waals surface area contributed by atoms with E-state index in [1.165, 1.54) is 0 Å². The lowest BCUT2D eigenvalue weighted by atomic mass is 10.0. The molecule has 0 heterocycles. The molecule has 17 heavy (non-hydrogen) atoms. The molecule has 10 heteroatoms. The van der Waals surface area contributed by atoms with Crippen LogP contribution in [0.15, 0.2) is 0 Å². The van der Waals surface area contributed by atoms with Crippen molar-refractivity contribution in [1.29, 1.82) is 0 Å².